The summed E-state index contributed by atoms with van der Waals surface area (Å²) < 4.78 is 0. The van der Waals surface area contributed by atoms with Crippen molar-refractivity contribution in [1.82, 2.24) is 15.2 Å². The summed E-state index contributed by atoms with van der Waals surface area (Å²) in [5, 5.41) is 15.0. The number of pyridine rings is 1. The van der Waals surface area contributed by atoms with Crippen molar-refractivity contribution in [3.8, 4) is 0 Å². The summed E-state index contributed by atoms with van der Waals surface area (Å²) in [6.45, 7) is 5.46. The molecule has 6 nitrogen and oxygen atoms in total. The predicted molar refractivity (Wildman–Crippen MR) is 78.7 cm³/mol. The van der Waals surface area contributed by atoms with Gasteiger partial charge in [0.25, 0.3) is 0 Å². The maximum Gasteiger partial charge on any atom is 0.188 e. The molecule has 0 amide bonds. The van der Waals surface area contributed by atoms with Gasteiger partial charge in [0, 0.05) is 12.7 Å². The average Bonchev–Trinajstić information content (AvgIpc) is 2.99. The van der Waals surface area contributed by atoms with Crippen LogP contribution in [0, 0.1) is 0 Å². The third-order valence-corrected chi connectivity index (χ3v) is 3.55. The Hall–Kier alpha value is -1.66. The van der Waals surface area contributed by atoms with E-state index in [0.29, 0.717) is 5.69 Å². The Morgan fingerprint density at radius 2 is 2.25 bits per heavy atom. The Balaban J connectivity index is 1.68. The third kappa shape index (κ3) is 4.47. The number of hydrogen-bond acceptors (Lipinski definition) is 5. The molecular formula is C14H23N5O. The molecule has 0 radical (unpaired) electrons. The molecule has 0 spiro atoms. The van der Waals surface area contributed by atoms with Crippen LogP contribution < -0.4 is 11.1 Å². The molecule has 0 unspecified atom stereocenters. The average molecular weight is 277 g/mol. The quantitative estimate of drug-likeness (QED) is 0.225. The van der Waals surface area contributed by atoms with Crippen LogP contribution in [-0.4, -0.2) is 47.1 Å². The summed E-state index contributed by atoms with van der Waals surface area (Å²) >= 11 is 0. The van der Waals surface area contributed by atoms with Crippen LogP contribution in [0.15, 0.2) is 23.5 Å². The standard InChI is InChI=1S/C14H23N5O/c15-14(18-20)13-10-12(4-6-17-13)11-16-5-3-9-19-7-1-2-8-19/h4,6,10,16,20H,1-3,5,7-9,11H2,(H2,15,18). The van der Waals surface area contributed by atoms with Crippen LogP contribution >= 0.6 is 0 Å². The molecule has 4 N–H and O–H groups in total. The molecule has 0 saturated carbocycles. The molecule has 110 valence electrons. The van der Waals surface area contributed by atoms with Crippen molar-refractivity contribution in [1.29, 1.82) is 0 Å². The molecule has 1 saturated heterocycles. The molecular weight excluding hydrogens is 254 g/mol. The number of nitrogens with two attached hydrogens (primary N) is 1. The normalized spacial score (nSPS) is 16.7. The van der Waals surface area contributed by atoms with E-state index in [1.165, 1.54) is 32.5 Å². The van der Waals surface area contributed by atoms with E-state index in [4.69, 9.17) is 10.9 Å². The largest absolute Gasteiger partial charge is 0.409 e. The van der Waals surface area contributed by atoms with Crippen molar-refractivity contribution >= 4 is 5.84 Å². The summed E-state index contributed by atoms with van der Waals surface area (Å²) in [6, 6.07) is 3.77. The van der Waals surface area contributed by atoms with Crippen LogP contribution in [0.2, 0.25) is 0 Å². The summed E-state index contributed by atoms with van der Waals surface area (Å²) in [7, 11) is 0. The molecule has 2 heterocycles. The lowest BCUT2D eigenvalue weighted by molar-refractivity contribution is 0.318. The van der Waals surface area contributed by atoms with E-state index in [2.05, 4.69) is 20.4 Å². The van der Waals surface area contributed by atoms with E-state index >= 15 is 0 Å². The van der Waals surface area contributed by atoms with Crippen molar-refractivity contribution in [2.24, 2.45) is 10.9 Å². The smallest absolute Gasteiger partial charge is 0.188 e. The Bertz CT molecular complexity index is 443. The van der Waals surface area contributed by atoms with E-state index in [1.807, 2.05) is 12.1 Å². The van der Waals surface area contributed by atoms with Crippen LogP contribution in [0.5, 0.6) is 0 Å². The third-order valence-electron chi connectivity index (χ3n) is 3.55. The minimum absolute atomic E-state index is 0.0425. The second kappa shape index (κ2) is 7.81. The molecule has 1 aromatic heterocycles. The second-order valence-corrected chi connectivity index (χ2v) is 5.11. The topological polar surface area (TPSA) is 86.8 Å². The highest BCUT2D eigenvalue weighted by Gasteiger charge is 2.09. The van der Waals surface area contributed by atoms with Gasteiger partial charge in [0.15, 0.2) is 5.84 Å². The van der Waals surface area contributed by atoms with Crippen molar-refractivity contribution in [3.05, 3.63) is 29.6 Å². The molecule has 0 aliphatic carbocycles. The number of rotatable bonds is 7. The van der Waals surface area contributed by atoms with E-state index < -0.39 is 0 Å². The molecule has 1 aliphatic rings. The molecule has 1 fully saturated rings. The fourth-order valence-electron chi connectivity index (χ4n) is 2.44. The molecule has 0 aromatic carbocycles. The number of likely N-dealkylation sites (tertiary alicyclic amines) is 1. The fourth-order valence-corrected chi connectivity index (χ4v) is 2.44. The highest BCUT2D eigenvalue weighted by atomic mass is 16.4. The van der Waals surface area contributed by atoms with Gasteiger partial charge in [-0.2, -0.15) is 0 Å². The molecule has 0 atom stereocenters. The van der Waals surface area contributed by atoms with Crippen molar-refractivity contribution in [3.63, 3.8) is 0 Å². The zero-order valence-electron chi connectivity index (χ0n) is 11.8. The fraction of sp³-hybridized carbons (Fsp3) is 0.571. The first kappa shape index (κ1) is 14.7. The van der Waals surface area contributed by atoms with Gasteiger partial charge < -0.3 is 21.2 Å². The second-order valence-electron chi connectivity index (χ2n) is 5.11. The van der Waals surface area contributed by atoms with Crippen LogP contribution in [-0.2, 0) is 6.54 Å². The minimum Gasteiger partial charge on any atom is -0.409 e. The molecule has 2 rings (SSSR count). The van der Waals surface area contributed by atoms with E-state index in [0.717, 1.165) is 25.1 Å². The Morgan fingerprint density at radius 3 is 3.00 bits per heavy atom. The number of nitrogens with one attached hydrogen (secondary N) is 1. The van der Waals surface area contributed by atoms with Crippen LogP contribution in [0.4, 0.5) is 0 Å². The van der Waals surface area contributed by atoms with E-state index in [1.54, 1.807) is 6.20 Å². The molecule has 0 bridgehead atoms. The summed E-state index contributed by atoms with van der Waals surface area (Å²) in [5.74, 6) is 0.0425. The summed E-state index contributed by atoms with van der Waals surface area (Å²) in [6.07, 6.45) is 5.54. The first-order chi connectivity index (χ1) is 9.79. The predicted octanol–water partition coefficient (Wildman–Crippen LogP) is 0.752. The molecule has 6 heteroatoms. The van der Waals surface area contributed by atoms with Crippen LogP contribution in [0.25, 0.3) is 0 Å². The number of hydrogen-bond donors (Lipinski definition) is 3. The van der Waals surface area contributed by atoms with Gasteiger partial charge in [-0.15, -0.1) is 0 Å². The van der Waals surface area contributed by atoms with Gasteiger partial charge in [0.2, 0.25) is 0 Å². The molecule has 1 aliphatic heterocycles. The summed E-state index contributed by atoms with van der Waals surface area (Å²) in [4.78, 5) is 6.58. The Labute approximate surface area is 119 Å². The van der Waals surface area contributed by atoms with Gasteiger partial charge in [-0.1, -0.05) is 5.16 Å². The zero-order chi connectivity index (χ0) is 14.2. The zero-order valence-corrected chi connectivity index (χ0v) is 11.8. The number of nitrogens with zero attached hydrogens (tertiary/aromatic N) is 3. The van der Waals surface area contributed by atoms with Gasteiger partial charge >= 0.3 is 0 Å². The lowest BCUT2D eigenvalue weighted by atomic mass is 10.2. The van der Waals surface area contributed by atoms with Gasteiger partial charge in [-0.3, -0.25) is 4.98 Å². The maximum absolute atomic E-state index is 8.63. The Morgan fingerprint density at radius 1 is 1.45 bits per heavy atom. The Kier molecular flexibility index (Phi) is 5.76. The van der Waals surface area contributed by atoms with Crippen molar-refractivity contribution < 1.29 is 5.21 Å². The van der Waals surface area contributed by atoms with E-state index in [9.17, 15) is 0 Å². The first-order valence-corrected chi connectivity index (χ1v) is 7.15. The minimum atomic E-state index is 0.0425. The van der Waals surface area contributed by atoms with Crippen LogP contribution in [0.3, 0.4) is 0 Å². The highest BCUT2D eigenvalue weighted by Crippen LogP contribution is 2.07. The van der Waals surface area contributed by atoms with Crippen molar-refractivity contribution in [2.75, 3.05) is 26.2 Å². The maximum atomic E-state index is 8.63. The van der Waals surface area contributed by atoms with Gasteiger partial charge in [-0.25, -0.2) is 0 Å². The van der Waals surface area contributed by atoms with Crippen LogP contribution in [0.1, 0.15) is 30.5 Å². The van der Waals surface area contributed by atoms with Crippen molar-refractivity contribution in [2.45, 2.75) is 25.8 Å². The summed E-state index contributed by atoms with van der Waals surface area (Å²) in [5.41, 5.74) is 7.11. The molecule has 20 heavy (non-hydrogen) atoms. The SMILES string of the molecule is NC(=NO)c1cc(CNCCCN2CCCC2)ccn1. The number of oxime groups is 1. The first-order valence-electron chi connectivity index (χ1n) is 7.15. The van der Waals surface area contributed by atoms with Gasteiger partial charge in [0.1, 0.15) is 5.69 Å². The highest BCUT2D eigenvalue weighted by molar-refractivity contribution is 5.95. The lowest BCUT2D eigenvalue weighted by Gasteiger charge is -2.14. The van der Waals surface area contributed by atoms with Gasteiger partial charge in [0.05, 0.1) is 0 Å². The van der Waals surface area contributed by atoms with E-state index in [-0.39, 0.29) is 5.84 Å². The van der Waals surface area contributed by atoms with Gasteiger partial charge in [-0.05, 0) is 63.1 Å². The number of amidine groups is 1. The number of aromatic nitrogens is 1. The monoisotopic (exact) mass is 277 g/mol. The lowest BCUT2D eigenvalue weighted by Crippen LogP contribution is -2.24. The molecule has 1 aromatic rings.